The van der Waals surface area contributed by atoms with Crippen molar-refractivity contribution in [1.29, 1.82) is 0 Å². The van der Waals surface area contributed by atoms with Gasteiger partial charge in [0.25, 0.3) is 0 Å². The molecule has 0 amide bonds. The predicted molar refractivity (Wildman–Crippen MR) is 89.1 cm³/mol. The zero-order valence-corrected chi connectivity index (χ0v) is 15.2. The third kappa shape index (κ3) is 6.11. The fourth-order valence-corrected chi connectivity index (χ4v) is 2.73. The van der Waals surface area contributed by atoms with Crippen LogP contribution in [-0.2, 0) is 0 Å². The maximum Gasteiger partial charge on any atom is 0.0726 e. The van der Waals surface area contributed by atoms with Crippen LogP contribution >= 0.6 is 0 Å². The lowest BCUT2D eigenvalue weighted by atomic mass is 9.76. The number of hydrogen-bond acceptors (Lipinski definition) is 3. The molecule has 2 N–H and O–H groups in total. The van der Waals surface area contributed by atoms with Gasteiger partial charge in [-0.1, -0.05) is 34.6 Å². The van der Waals surface area contributed by atoms with Crippen molar-refractivity contribution in [2.24, 2.45) is 11.3 Å². The summed E-state index contributed by atoms with van der Waals surface area (Å²) in [5.41, 5.74) is 0.105. The van der Waals surface area contributed by atoms with Crippen LogP contribution < -0.4 is 5.32 Å². The Morgan fingerprint density at radius 2 is 1.60 bits per heavy atom. The second-order valence-electron chi connectivity index (χ2n) is 8.20. The van der Waals surface area contributed by atoms with E-state index in [1.165, 1.54) is 0 Å². The molecule has 3 heteroatoms. The first-order valence-corrected chi connectivity index (χ1v) is 8.04. The average molecular weight is 287 g/mol. The van der Waals surface area contributed by atoms with Crippen LogP contribution in [0.4, 0.5) is 0 Å². The van der Waals surface area contributed by atoms with Gasteiger partial charge in [0.15, 0.2) is 0 Å². The molecule has 122 valence electrons. The fraction of sp³-hybridized carbons (Fsp3) is 1.00. The molecule has 3 atom stereocenters. The number of aliphatic hydroxyl groups excluding tert-OH is 1. The first-order valence-electron chi connectivity index (χ1n) is 8.04. The van der Waals surface area contributed by atoms with Gasteiger partial charge in [-0.2, -0.15) is 0 Å². The maximum absolute atomic E-state index is 10.9. The Balaban J connectivity index is 4.96. The monoisotopic (exact) mass is 286 g/mol. The number of aliphatic hydroxyl groups is 1. The van der Waals surface area contributed by atoms with E-state index >= 15 is 0 Å². The molecular weight excluding hydrogens is 248 g/mol. The Labute approximate surface area is 127 Å². The van der Waals surface area contributed by atoms with E-state index in [4.69, 9.17) is 0 Å². The number of nitrogens with zero attached hydrogens (tertiary/aromatic N) is 1. The molecular formula is C17H38N2O. The number of nitrogens with one attached hydrogen (secondary N) is 1. The van der Waals surface area contributed by atoms with Crippen LogP contribution in [0.1, 0.15) is 61.8 Å². The number of hydrogen-bond donors (Lipinski definition) is 2. The molecule has 0 radical (unpaired) electrons. The standard InChI is InChI=1S/C17H38N2O/c1-10-18-12-11-13(2)14(20)15(16(3,4)5)19(9)17(6,7)8/h13-15,18,20H,10-12H2,1-9H3/t13-,14-,15?/m1/s1. The van der Waals surface area contributed by atoms with Crippen molar-refractivity contribution in [3.05, 3.63) is 0 Å². The zero-order chi connectivity index (χ0) is 16.1. The van der Waals surface area contributed by atoms with E-state index in [-0.39, 0.29) is 23.1 Å². The molecule has 0 aromatic rings. The smallest absolute Gasteiger partial charge is 0.0726 e. The first kappa shape index (κ1) is 19.9. The van der Waals surface area contributed by atoms with Gasteiger partial charge in [0.05, 0.1) is 6.10 Å². The summed E-state index contributed by atoms with van der Waals surface area (Å²) in [5.74, 6) is 0.295. The van der Waals surface area contributed by atoms with Crippen LogP contribution in [0.15, 0.2) is 0 Å². The Morgan fingerprint density at radius 3 is 1.95 bits per heavy atom. The van der Waals surface area contributed by atoms with Crippen LogP contribution in [0.25, 0.3) is 0 Å². The molecule has 0 aromatic heterocycles. The first-order chi connectivity index (χ1) is 8.92. The second-order valence-corrected chi connectivity index (χ2v) is 8.20. The van der Waals surface area contributed by atoms with Crippen molar-refractivity contribution in [3.8, 4) is 0 Å². The Bertz CT molecular complexity index is 265. The van der Waals surface area contributed by atoms with Gasteiger partial charge < -0.3 is 10.4 Å². The van der Waals surface area contributed by atoms with E-state index in [0.29, 0.717) is 5.92 Å². The SMILES string of the molecule is CCNCC[C@@H](C)[C@@H](O)C(N(C)C(C)(C)C)C(C)(C)C. The van der Waals surface area contributed by atoms with E-state index in [1.54, 1.807) is 0 Å². The number of rotatable bonds is 7. The summed E-state index contributed by atoms with van der Waals surface area (Å²) in [6.07, 6.45) is 0.706. The molecule has 20 heavy (non-hydrogen) atoms. The Morgan fingerprint density at radius 1 is 1.10 bits per heavy atom. The van der Waals surface area contributed by atoms with Crippen molar-refractivity contribution in [3.63, 3.8) is 0 Å². The molecule has 3 nitrogen and oxygen atoms in total. The van der Waals surface area contributed by atoms with Crippen molar-refractivity contribution in [2.75, 3.05) is 20.1 Å². The highest BCUT2D eigenvalue weighted by atomic mass is 16.3. The van der Waals surface area contributed by atoms with E-state index < -0.39 is 0 Å². The van der Waals surface area contributed by atoms with Crippen LogP contribution in [0.2, 0.25) is 0 Å². The van der Waals surface area contributed by atoms with Gasteiger partial charge in [-0.05, 0) is 58.7 Å². The molecule has 0 saturated carbocycles. The van der Waals surface area contributed by atoms with Crippen LogP contribution in [0.5, 0.6) is 0 Å². The van der Waals surface area contributed by atoms with Gasteiger partial charge in [0.1, 0.15) is 0 Å². The van der Waals surface area contributed by atoms with E-state index in [0.717, 1.165) is 19.5 Å². The second kappa shape index (κ2) is 7.77. The number of likely N-dealkylation sites (N-methyl/N-ethyl adjacent to an activating group) is 1. The summed E-state index contributed by atoms with van der Waals surface area (Å²) in [4.78, 5) is 2.33. The van der Waals surface area contributed by atoms with Gasteiger partial charge in [-0.25, -0.2) is 0 Å². The molecule has 0 saturated heterocycles. The van der Waals surface area contributed by atoms with Crippen molar-refractivity contribution >= 4 is 0 Å². The van der Waals surface area contributed by atoms with Gasteiger partial charge in [-0.15, -0.1) is 0 Å². The predicted octanol–water partition coefficient (Wildman–Crippen LogP) is 3.13. The average Bonchev–Trinajstić information content (AvgIpc) is 2.25. The van der Waals surface area contributed by atoms with E-state index in [9.17, 15) is 5.11 Å². The zero-order valence-electron chi connectivity index (χ0n) is 15.2. The van der Waals surface area contributed by atoms with Crippen LogP contribution in [0, 0.1) is 11.3 Å². The van der Waals surface area contributed by atoms with Gasteiger partial charge in [0, 0.05) is 11.6 Å². The normalized spacial score (nSPS) is 18.1. The maximum atomic E-state index is 10.9. The molecule has 0 fully saturated rings. The summed E-state index contributed by atoms with van der Waals surface area (Å²) in [6.45, 7) is 19.5. The van der Waals surface area contributed by atoms with Crippen molar-refractivity contribution in [2.45, 2.75) is 79.5 Å². The molecule has 0 heterocycles. The van der Waals surface area contributed by atoms with Crippen molar-refractivity contribution < 1.29 is 5.11 Å². The Kier molecular flexibility index (Phi) is 7.72. The lowest BCUT2D eigenvalue weighted by Crippen LogP contribution is -2.57. The van der Waals surface area contributed by atoms with Crippen molar-refractivity contribution in [1.82, 2.24) is 10.2 Å². The molecule has 0 spiro atoms. The molecule has 0 rings (SSSR count). The largest absolute Gasteiger partial charge is 0.391 e. The minimum absolute atomic E-state index is 0.0495. The minimum Gasteiger partial charge on any atom is -0.391 e. The van der Waals surface area contributed by atoms with Crippen LogP contribution in [0.3, 0.4) is 0 Å². The lowest BCUT2D eigenvalue weighted by molar-refractivity contribution is -0.0587. The molecule has 0 aromatic carbocycles. The van der Waals surface area contributed by atoms with Gasteiger partial charge in [-0.3, -0.25) is 4.90 Å². The summed E-state index contributed by atoms with van der Waals surface area (Å²) in [6, 6.07) is 0.152. The lowest BCUT2D eigenvalue weighted by Gasteiger charge is -2.48. The summed E-state index contributed by atoms with van der Waals surface area (Å²) in [5, 5.41) is 14.2. The van der Waals surface area contributed by atoms with Gasteiger partial charge >= 0.3 is 0 Å². The summed E-state index contributed by atoms with van der Waals surface area (Å²) >= 11 is 0. The molecule has 0 aliphatic heterocycles. The quantitative estimate of drug-likeness (QED) is 0.706. The highest BCUT2D eigenvalue weighted by molar-refractivity contribution is 4.94. The Hall–Kier alpha value is -0.120. The minimum atomic E-state index is -0.308. The third-order valence-corrected chi connectivity index (χ3v) is 4.30. The summed E-state index contributed by atoms with van der Waals surface area (Å²) < 4.78 is 0. The molecule has 0 aliphatic rings. The molecule has 0 bridgehead atoms. The van der Waals surface area contributed by atoms with Crippen LogP contribution in [-0.4, -0.2) is 47.8 Å². The third-order valence-electron chi connectivity index (χ3n) is 4.30. The van der Waals surface area contributed by atoms with E-state index in [2.05, 4.69) is 72.7 Å². The van der Waals surface area contributed by atoms with E-state index in [1.807, 2.05) is 0 Å². The topological polar surface area (TPSA) is 35.5 Å². The molecule has 0 aliphatic carbocycles. The van der Waals surface area contributed by atoms with Gasteiger partial charge in [0.2, 0.25) is 0 Å². The fourth-order valence-electron chi connectivity index (χ4n) is 2.73. The highest BCUT2D eigenvalue weighted by Crippen LogP contribution is 2.33. The molecule has 1 unspecified atom stereocenters. The highest BCUT2D eigenvalue weighted by Gasteiger charge is 2.40. The summed E-state index contributed by atoms with van der Waals surface area (Å²) in [7, 11) is 2.14.